The van der Waals surface area contributed by atoms with Gasteiger partial charge in [0.1, 0.15) is 0 Å². The largest absolute Gasteiger partial charge is 0.356 e. The third-order valence-corrected chi connectivity index (χ3v) is 5.36. The van der Waals surface area contributed by atoms with E-state index in [9.17, 15) is 0 Å². The summed E-state index contributed by atoms with van der Waals surface area (Å²) >= 11 is 0. The predicted molar refractivity (Wildman–Crippen MR) is 145 cm³/mol. The van der Waals surface area contributed by atoms with Crippen LogP contribution in [0, 0.1) is 0 Å². The smallest absolute Gasteiger partial charge is 0.0385 e. The molecule has 0 spiro atoms. The first-order valence-electron chi connectivity index (χ1n) is 11.3. The Hall–Kier alpha value is -4.70. The number of hydrogen-bond acceptors (Lipinski definition) is 4. The summed E-state index contributed by atoms with van der Waals surface area (Å²) in [7, 11) is 0. The van der Waals surface area contributed by atoms with E-state index in [1.165, 1.54) is 0 Å². The van der Waals surface area contributed by atoms with E-state index in [2.05, 4.69) is 118 Å². The summed E-state index contributed by atoms with van der Waals surface area (Å²) in [5.74, 6) is 0. The van der Waals surface area contributed by atoms with Crippen LogP contribution in [0.1, 0.15) is 0 Å². The third kappa shape index (κ3) is 5.75. The summed E-state index contributed by atoms with van der Waals surface area (Å²) in [4.78, 5) is 0. The molecule has 0 bridgehead atoms. The van der Waals surface area contributed by atoms with E-state index in [0.717, 1.165) is 45.5 Å². The monoisotopic (exact) mass is 442 g/mol. The van der Waals surface area contributed by atoms with E-state index < -0.39 is 0 Å². The molecule has 0 unspecified atom stereocenters. The average molecular weight is 443 g/mol. The highest BCUT2D eigenvalue weighted by molar-refractivity contribution is 5.69. The van der Waals surface area contributed by atoms with Gasteiger partial charge in [-0.05, 0) is 97.1 Å². The first-order valence-corrected chi connectivity index (χ1v) is 11.3. The third-order valence-electron chi connectivity index (χ3n) is 5.36. The highest BCUT2D eigenvalue weighted by Gasteiger charge is 2.00. The van der Waals surface area contributed by atoms with Crippen molar-refractivity contribution in [3.05, 3.63) is 133 Å². The van der Waals surface area contributed by atoms with Gasteiger partial charge >= 0.3 is 0 Å². The van der Waals surface area contributed by atoms with Crippen LogP contribution in [0.25, 0.3) is 0 Å². The zero-order valence-corrected chi connectivity index (χ0v) is 18.7. The molecule has 0 aliphatic heterocycles. The molecule has 0 saturated carbocycles. The maximum absolute atomic E-state index is 3.45. The maximum atomic E-state index is 3.45. The normalized spacial score (nSPS) is 10.4. The molecular weight excluding hydrogens is 416 g/mol. The van der Waals surface area contributed by atoms with E-state index in [-0.39, 0.29) is 0 Å². The zero-order valence-electron chi connectivity index (χ0n) is 18.7. The van der Waals surface area contributed by atoms with Crippen molar-refractivity contribution in [3.8, 4) is 0 Å². The van der Waals surface area contributed by atoms with Gasteiger partial charge < -0.3 is 21.3 Å². The quantitative estimate of drug-likeness (QED) is 0.194. The van der Waals surface area contributed by atoms with Gasteiger partial charge in [0.25, 0.3) is 0 Å². The second kappa shape index (κ2) is 10.3. The van der Waals surface area contributed by atoms with Gasteiger partial charge in [-0.15, -0.1) is 0 Å². The van der Waals surface area contributed by atoms with Gasteiger partial charge in [0, 0.05) is 45.5 Å². The maximum Gasteiger partial charge on any atom is 0.0385 e. The Kier molecular flexibility index (Phi) is 6.40. The molecule has 0 fully saturated rings. The summed E-state index contributed by atoms with van der Waals surface area (Å²) in [6.07, 6.45) is 0. The Morgan fingerprint density at radius 3 is 0.588 bits per heavy atom. The SMILES string of the molecule is c1ccc(Nc2ccc(Nc3ccc(Nc4ccc(Nc5ccccc5)cc4)cc3)cc2)cc1. The van der Waals surface area contributed by atoms with E-state index in [1.807, 2.05) is 36.4 Å². The minimum absolute atomic E-state index is 1.04. The van der Waals surface area contributed by atoms with Crippen LogP contribution >= 0.6 is 0 Å². The van der Waals surface area contributed by atoms with Gasteiger partial charge in [-0.3, -0.25) is 0 Å². The molecule has 0 amide bonds. The second-order valence-electron chi connectivity index (χ2n) is 7.96. The van der Waals surface area contributed by atoms with Gasteiger partial charge in [0.2, 0.25) is 0 Å². The van der Waals surface area contributed by atoms with Crippen LogP contribution in [0.2, 0.25) is 0 Å². The Bertz CT molecular complexity index is 1190. The second-order valence-corrected chi connectivity index (χ2v) is 7.96. The number of nitrogens with one attached hydrogen (secondary N) is 4. The molecule has 4 N–H and O–H groups in total. The summed E-state index contributed by atoms with van der Waals surface area (Å²) in [5.41, 5.74) is 8.43. The molecule has 0 radical (unpaired) electrons. The number of hydrogen-bond donors (Lipinski definition) is 4. The number of benzene rings is 5. The van der Waals surface area contributed by atoms with Gasteiger partial charge in [0.15, 0.2) is 0 Å². The van der Waals surface area contributed by atoms with Crippen LogP contribution in [0.4, 0.5) is 45.5 Å². The standard InChI is InChI=1S/C30H26N4/c1-3-7-23(8-4-1)31-25-11-15-27(16-12-25)33-29-19-21-30(22-20-29)34-28-17-13-26(14-18-28)32-24-9-5-2-6-10-24/h1-22,31-34H. The van der Waals surface area contributed by atoms with Gasteiger partial charge in [-0.25, -0.2) is 0 Å². The molecule has 0 aliphatic rings. The highest BCUT2D eigenvalue weighted by atomic mass is 14.9. The molecule has 5 rings (SSSR count). The van der Waals surface area contributed by atoms with Crippen molar-refractivity contribution in [2.45, 2.75) is 0 Å². The number of para-hydroxylation sites is 2. The lowest BCUT2D eigenvalue weighted by Crippen LogP contribution is -1.94. The Morgan fingerprint density at radius 2 is 0.382 bits per heavy atom. The molecule has 166 valence electrons. The van der Waals surface area contributed by atoms with Crippen LogP contribution in [0.5, 0.6) is 0 Å². The fourth-order valence-electron chi connectivity index (χ4n) is 3.62. The lowest BCUT2D eigenvalue weighted by molar-refractivity contribution is 1.50. The molecule has 5 aromatic carbocycles. The van der Waals surface area contributed by atoms with Gasteiger partial charge in [0.05, 0.1) is 0 Å². The Balaban J connectivity index is 1.15. The van der Waals surface area contributed by atoms with Crippen molar-refractivity contribution >= 4 is 45.5 Å². The van der Waals surface area contributed by atoms with Crippen LogP contribution < -0.4 is 21.3 Å². The molecule has 34 heavy (non-hydrogen) atoms. The highest BCUT2D eigenvalue weighted by Crippen LogP contribution is 2.25. The fourth-order valence-corrected chi connectivity index (χ4v) is 3.62. The molecule has 5 aromatic rings. The van der Waals surface area contributed by atoms with Crippen molar-refractivity contribution in [2.75, 3.05) is 21.3 Å². The van der Waals surface area contributed by atoms with Crippen molar-refractivity contribution < 1.29 is 0 Å². The Labute approximate surface area is 200 Å². The lowest BCUT2D eigenvalue weighted by Gasteiger charge is -2.11. The van der Waals surface area contributed by atoms with Crippen LogP contribution in [-0.4, -0.2) is 0 Å². The van der Waals surface area contributed by atoms with Crippen molar-refractivity contribution in [1.29, 1.82) is 0 Å². The zero-order chi connectivity index (χ0) is 23.0. The van der Waals surface area contributed by atoms with E-state index in [0.29, 0.717) is 0 Å². The average Bonchev–Trinajstić information content (AvgIpc) is 2.89. The van der Waals surface area contributed by atoms with Crippen molar-refractivity contribution in [3.63, 3.8) is 0 Å². The molecular formula is C30H26N4. The molecule has 0 saturated heterocycles. The molecule has 0 atom stereocenters. The first-order chi connectivity index (χ1) is 16.8. The molecule has 4 heteroatoms. The summed E-state index contributed by atoms with van der Waals surface area (Å²) in [6.45, 7) is 0. The summed E-state index contributed by atoms with van der Waals surface area (Å²) < 4.78 is 0. The van der Waals surface area contributed by atoms with Gasteiger partial charge in [-0.1, -0.05) is 36.4 Å². The first kappa shape index (κ1) is 21.2. The van der Waals surface area contributed by atoms with Gasteiger partial charge in [-0.2, -0.15) is 0 Å². The van der Waals surface area contributed by atoms with E-state index >= 15 is 0 Å². The molecule has 0 heterocycles. The fraction of sp³-hybridized carbons (Fsp3) is 0. The van der Waals surface area contributed by atoms with Crippen LogP contribution in [-0.2, 0) is 0 Å². The number of rotatable bonds is 8. The van der Waals surface area contributed by atoms with Crippen LogP contribution in [0.15, 0.2) is 133 Å². The lowest BCUT2D eigenvalue weighted by atomic mass is 10.2. The number of anilines is 8. The minimum atomic E-state index is 1.04. The van der Waals surface area contributed by atoms with E-state index in [4.69, 9.17) is 0 Å². The molecule has 0 aromatic heterocycles. The van der Waals surface area contributed by atoms with Crippen molar-refractivity contribution in [2.24, 2.45) is 0 Å². The summed E-state index contributed by atoms with van der Waals surface area (Å²) in [6, 6.07) is 45.2. The van der Waals surface area contributed by atoms with E-state index in [1.54, 1.807) is 0 Å². The summed E-state index contributed by atoms with van der Waals surface area (Å²) in [5, 5.41) is 13.7. The predicted octanol–water partition coefficient (Wildman–Crippen LogP) is 8.66. The van der Waals surface area contributed by atoms with Crippen LogP contribution in [0.3, 0.4) is 0 Å². The minimum Gasteiger partial charge on any atom is -0.356 e. The topological polar surface area (TPSA) is 48.1 Å². The van der Waals surface area contributed by atoms with Crippen molar-refractivity contribution in [1.82, 2.24) is 0 Å². The Morgan fingerprint density at radius 1 is 0.206 bits per heavy atom. The molecule has 0 aliphatic carbocycles. The molecule has 4 nitrogen and oxygen atoms in total.